The van der Waals surface area contributed by atoms with Crippen molar-refractivity contribution in [3.8, 4) is 0 Å². The van der Waals surface area contributed by atoms with Crippen molar-refractivity contribution in [1.29, 1.82) is 0 Å². The summed E-state index contributed by atoms with van der Waals surface area (Å²) in [5.41, 5.74) is 2.60. The fraction of sp³-hybridized carbons (Fsp3) is 0.267. The Bertz CT molecular complexity index is 341. The van der Waals surface area contributed by atoms with Gasteiger partial charge < -0.3 is 0 Å². The number of aromatic nitrogens is 1. The molecule has 1 heteroatoms. The second kappa shape index (κ2) is 6.78. The van der Waals surface area contributed by atoms with Crippen LogP contribution >= 0.6 is 0 Å². The van der Waals surface area contributed by atoms with Crippen LogP contribution in [-0.4, -0.2) is 4.98 Å². The summed E-state index contributed by atoms with van der Waals surface area (Å²) >= 11 is 0. The van der Waals surface area contributed by atoms with Crippen LogP contribution in [0.1, 0.15) is 37.8 Å². The van der Waals surface area contributed by atoms with Gasteiger partial charge in [0, 0.05) is 18.3 Å². The maximum absolute atomic E-state index is 4.13. The second-order valence-corrected chi connectivity index (χ2v) is 3.42. The van der Waals surface area contributed by atoms with Crippen LogP contribution in [0.25, 0.3) is 0 Å². The fourth-order valence-electron chi connectivity index (χ4n) is 1.57. The Morgan fingerprint density at radius 1 is 0.875 bits per heavy atom. The molecule has 0 fully saturated rings. The molecule has 1 aromatic heterocycles. The normalized spacial score (nSPS) is 11.2. The zero-order valence-corrected chi connectivity index (χ0v) is 10.2. The number of hydrogen-bond acceptors (Lipinski definition) is 1. The molecular formula is C15H19N. The van der Waals surface area contributed by atoms with E-state index in [0.717, 1.165) is 0 Å². The van der Waals surface area contributed by atoms with Crippen LogP contribution in [0, 0.1) is 0 Å². The average Bonchev–Trinajstić information content (AvgIpc) is 2.42. The van der Waals surface area contributed by atoms with E-state index in [1.165, 1.54) is 11.1 Å². The molecule has 0 saturated heterocycles. The highest BCUT2D eigenvalue weighted by atomic mass is 14.6. The zero-order chi connectivity index (χ0) is 11.8. The van der Waals surface area contributed by atoms with Crippen molar-refractivity contribution in [3.63, 3.8) is 0 Å². The quantitative estimate of drug-likeness (QED) is 0.726. The van der Waals surface area contributed by atoms with E-state index in [-0.39, 0.29) is 0 Å². The molecule has 2 rings (SSSR count). The van der Waals surface area contributed by atoms with Gasteiger partial charge in [0.25, 0.3) is 0 Å². The number of pyridine rings is 1. The summed E-state index contributed by atoms with van der Waals surface area (Å²) in [5.74, 6) is 0.421. The Balaban J connectivity index is 0.000000606. The maximum atomic E-state index is 4.13. The molecule has 0 aliphatic carbocycles. The van der Waals surface area contributed by atoms with Crippen LogP contribution in [0.2, 0.25) is 0 Å². The molecule has 0 bridgehead atoms. The standard InChI is InChI=1S/C13H13N.C2H6/c1-11(12-6-3-2-4-7-12)13-8-5-9-14-10-13;1-2/h2-11H,1H3;1-2H3. The van der Waals surface area contributed by atoms with Crippen molar-refractivity contribution >= 4 is 0 Å². The molecule has 16 heavy (non-hydrogen) atoms. The molecule has 0 aliphatic heterocycles. The molecule has 0 amide bonds. The lowest BCUT2D eigenvalue weighted by Gasteiger charge is -2.10. The number of nitrogens with zero attached hydrogens (tertiary/aromatic N) is 1. The van der Waals surface area contributed by atoms with Crippen molar-refractivity contribution in [1.82, 2.24) is 4.98 Å². The van der Waals surface area contributed by atoms with E-state index in [1.807, 2.05) is 32.2 Å². The first-order valence-electron chi connectivity index (χ1n) is 5.83. The van der Waals surface area contributed by atoms with Crippen molar-refractivity contribution in [3.05, 3.63) is 66.0 Å². The number of hydrogen-bond donors (Lipinski definition) is 0. The molecule has 84 valence electrons. The lowest BCUT2D eigenvalue weighted by Crippen LogP contribution is -1.95. The first kappa shape index (κ1) is 12.4. The van der Waals surface area contributed by atoms with Gasteiger partial charge in [-0.25, -0.2) is 0 Å². The minimum absolute atomic E-state index is 0.421. The van der Waals surface area contributed by atoms with Crippen LogP contribution in [0.5, 0.6) is 0 Å². The highest BCUT2D eigenvalue weighted by molar-refractivity contribution is 5.29. The molecule has 0 spiro atoms. The van der Waals surface area contributed by atoms with E-state index >= 15 is 0 Å². The molecule has 1 atom stereocenters. The van der Waals surface area contributed by atoms with Crippen LogP contribution in [0.15, 0.2) is 54.9 Å². The average molecular weight is 213 g/mol. The Kier molecular flexibility index (Phi) is 5.27. The molecule has 0 aliphatic rings. The SMILES string of the molecule is CC.CC(c1ccccc1)c1cccnc1. The topological polar surface area (TPSA) is 12.9 Å². The van der Waals surface area contributed by atoms with Gasteiger partial charge in [-0.15, -0.1) is 0 Å². The van der Waals surface area contributed by atoms with E-state index in [0.29, 0.717) is 5.92 Å². The smallest absolute Gasteiger partial charge is 0.0305 e. The highest BCUT2D eigenvalue weighted by Gasteiger charge is 2.06. The summed E-state index contributed by atoms with van der Waals surface area (Å²) in [4.78, 5) is 4.13. The van der Waals surface area contributed by atoms with Crippen LogP contribution < -0.4 is 0 Å². The first-order valence-corrected chi connectivity index (χ1v) is 5.83. The third-order valence-electron chi connectivity index (χ3n) is 2.48. The summed E-state index contributed by atoms with van der Waals surface area (Å²) in [6.45, 7) is 6.20. The summed E-state index contributed by atoms with van der Waals surface area (Å²) in [6.07, 6.45) is 3.74. The molecule has 1 heterocycles. The van der Waals surface area contributed by atoms with Gasteiger partial charge in [-0.2, -0.15) is 0 Å². The Morgan fingerprint density at radius 3 is 2.06 bits per heavy atom. The van der Waals surface area contributed by atoms with E-state index in [2.05, 4.69) is 42.2 Å². The number of benzene rings is 1. The van der Waals surface area contributed by atoms with Gasteiger partial charge in [-0.3, -0.25) is 4.98 Å². The lowest BCUT2D eigenvalue weighted by atomic mass is 9.95. The second-order valence-electron chi connectivity index (χ2n) is 3.42. The predicted molar refractivity (Wildman–Crippen MR) is 69.5 cm³/mol. The Labute approximate surface area is 98.2 Å². The van der Waals surface area contributed by atoms with Crippen molar-refractivity contribution in [2.45, 2.75) is 26.7 Å². The third-order valence-corrected chi connectivity index (χ3v) is 2.48. The van der Waals surface area contributed by atoms with E-state index in [4.69, 9.17) is 0 Å². The Hall–Kier alpha value is -1.63. The van der Waals surface area contributed by atoms with E-state index < -0.39 is 0 Å². The first-order chi connectivity index (χ1) is 7.88. The van der Waals surface area contributed by atoms with Crippen molar-refractivity contribution in [2.75, 3.05) is 0 Å². The molecule has 2 aromatic rings. The van der Waals surface area contributed by atoms with E-state index in [9.17, 15) is 0 Å². The van der Waals surface area contributed by atoms with Gasteiger partial charge in [0.05, 0.1) is 0 Å². The highest BCUT2D eigenvalue weighted by Crippen LogP contribution is 2.22. The summed E-state index contributed by atoms with van der Waals surface area (Å²) in [6, 6.07) is 14.6. The van der Waals surface area contributed by atoms with E-state index in [1.54, 1.807) is 6.20 Å². The summed E-state index contributed by atoms with van der Waals surface area (Å²) in [7, 11) is 0. The van der Waals surface area contributed by atoms with Gasteiger partial charge >= 0.3 is 0 Å². The minimum atomic E-state index is 0.421. The molecule has 1 nitrogen and oxygen atoms in total. The molecular weight excluding hydrogens is 194 g/mol. The van der Waals surface area contributed by atoms with Crippen molar-refractivity contribution < 1.29 is 0 Å². The van der Waals surface area contributed by atoms with Crippen LogP contribution in [0.4, 0.5) is 0 Å². The lowest BCUT2D eigenvalue weighted by molar-refractivity contribution is 0.911. The summed E-state index contributed by atoms with van der Waals surface area (Å²) in [5, 5.41) is 0. The molecule has 1 unspecified atom stereocenters. The van der Waals surface area contributed by atoms with Gasteiger partial charge in [0.15, 0.2) is 0 Å². The molecule has 0 N–H and O–H groups in total. The zero-order valence-electron chi connectivity index (χ0n) is 10.2. The monoisotopic (exact) mass is 213 g/mol. The van der Waals surface area contributed by atoms with Gasteiger partial charge in [-0.1, -0.05) is 57.2 Å². The van der Waals surface area contributed by atoms with Gasteiger partial charge in [0.1, 0.15) is 0 Å². The van der Waals surface area contributed by atoms with Crippen LogP contribution in [-0.2, 0) is 0 Å². The third kappa shape index (κ3) is 3.20. The molecule has 0 radical (unpaired) electrons. The fourth-order valence-corrected chi connectivity index (χ4v) is 1.57. The molecule has 1 aromatic carbocycles. The largest absolute Gasteiger partial charge is 0.264 e. The van der Waals surface area contributed by atoms with Crippen LogP contribution in [0.3, 0.4) is 0 Å². The maximum Gasteiger partial charge on any atom is 0.0305 e. The number of rotatable bonds is 2. The molecule has 0 saturated carbocycles. The van der Waals surface area contributed by atoms with Crippen molar-refractivity contribution in [2.24, 2.45) is 0 Å². The van der Waals surface area contributed by atoms with Gasteiger partial charge in [0.2, 0.25) is 0 Å². The minimum Gasteiger partial charge on any atom is -0.264 e. The summed E-state index contributed by atoms with van der Waals surface area (Å²) < 4.78 is 0. The predicted octanol–water partition coefficient (Wildman–Crippen LogP) is 4.26. The van der Waals surface area contributed by atoms with Gasteiger partial charge in [-0.05, 0) is 17.2 Å². The Morgan fingerprint density at radius 2 is 1.50 bits per heavy atom.